The number of halogens is 4. The van der Waals surface area contributed by atoms with Gasteiger partial charge >= 0.3 is 12.2 Å². The van der Waals surface area contributed by atoms with Crippen LogP contribution in [-0.2, 0) is 28.6 Å². The number of amides is 4. The van der Waals surface area contributed by atoms with E-state index in [1.807, 2.05) is 34.1 Å². The maximum atomic E-state index is 14.1. The highest BCUT2D eigenvalue weighted by Crippen LogP contribution is 2.39. The van der Waals surface area contributed by atoms with Crippen molar-refractivity contribution in [1.29, 1.82) is 0 Å². The molecule has 3 aliphatic heterocycles. The average molecular weight is 702 g/mol. The molecule has 3 fully saturated rings. The summed E-state index contributed by atoms with van der Waals surface area (Å²) in [6, 6.07) is 9.93. The maximum absolute atomic E-state index is 14.1. The number of urea groups is 1. The lowest BCUT2D eigenvalue weighted by molar-refractivity contribution is -0.143. The largest absolute Gasteiger partial charge is 0.418 e. The topological polar surface area (TPSA) is 99.0 Å². The van der Waals surface area contributed by atoms with Gasteiger partial charge in [-0.25, -0.2) is 4.79 Å². The van der Waals surface area contributed by atoms with E-state index < -0.39 is 23.3 Å². The Bertz CT molecular complexity index is 1520. The van der Waals surface area contributed by atoms with Gasteiger partial charge in [0.2, 0.25) is 11.8 Å². The van der Waals surface area contributed by atoms with Gasteiger partial charge in [0, 0.05) is 50.9 Å². The number of fused-ring (bicyclic) bond motifs is 1. The number of nitrogens with two attached hydrogens (primary N) is 1. The van der Waals surface area contributed by atoms with Crippen LogP contribution in [0.25, 0.3) is 0 Å². The molecule has 0 bridgehead atoms. The van der Waals surface area contributed by atoms with Crippen LogP contribution >= 0.6 is 11.6 Å². The third kappa shape index (κ3) is 8.30. The molecule has 1 atom stereocenters. The molecule has 49 heavy (non-hydrogen) atoms. The van der Waals surface area contributed by atoms with Crippen LogP contribution in [0, 0.1) is 17.8 Å². The fraction of sp³-hybridized carbons (Fsp3) is 0.595. The van der Waals surface area contributed by atoms with Gasteiger partial charge in [-0.2, -0.15) is 13.2 Å². The molecule has 1 unspecified atom stereocenters. The number of anilines is 2. The van der Waals surface area contributed by atoms with Gasteiger partial charge < -0.3 is 25.8 Å². The summed E-state index contributed by atoms with van der Waals surface area (Å²) in [6.45, 7) is 2.63. The number of benzene rings is 2. The van der Waals surface area contributed by atoms with Gasteiger partial charge in [-0.05, 0) is 79.7 Å². The lowest BCUT2D eigenvalue weighted by Gasteiger charge is -2.40. The number of carbonyl (C=O) groups is 3. The molecule has 6 rings (SSSR count). The molecule has 266 valence electrons. The van der Waals surface area contributed by atoms with Crippen LogP contribution < -0.4 is 11.1 Å². The summed E-state index contributed by atoms with van der Waals surface area (Å²) in [5.74, 6) is 0.0232. The molecule has 0 radical (unpaired) electrons. The molecule has 2 aromatic carbocycles. The molecule has 0 aromatic heterocycles. The normalized spacial score (nSPS) is 20.8. The van der Waals surface area contributed by atoms with Crippen LogP contribution in [0.4, 0.5) is 29.3 Å². The molecular weight excluding hydrogens is 655 g/mol. The lowest BCUT2D eigenvalue weighted by atomic mass is 9.75. The van der Waals surface area contributed by atoms with Gasteiger partial charge in [0.05, 0.1) is 22.2 Å². The van der Waals surface area contributed by atoms with Crippen molar-refractivity contribution in [3.05, 3.63) is 58.1 Å². The molecule has 3 heterocycles. The van der Waals surface area contributed by atoms with Crippen molar-refractivity contribution in [3.63, 3.8) is 0 Å². The van der Waals surface area contributed by atoms with E-state index in [4.69, 9.17) is 17.3 Å². The minimum Gasteiger partial charge on any atom is -0.397 e. The molecule has 12 heteroatoms. The number of nitrogens with one attached hydrogen (secondary N) is 1. The SMILES string of the molecule is Nc1c(Cl)cc(CC(CC(=O)N2CCC(N3CCc4ccccc4NC3=O)CC2)C(=O)N2CCC(C3CCCCC3)CC2)cc1C(F)(F)F. The summed E-state index contributed by atoms with van der Waals surface area (Å²) < 4.78 is 41.5. The number of para-hydroxylation sites is 1. The van der Waals surface area contributed by atoms with E-state index >= 15 is 0 Å². The second kappa shape index (κ2) is 15.2. The molecular formula is C37H47ClF3N5O3. The first-order chi connectivity index (χ1) is 23.5. The molecule has 1 saturated carbocycles. The highest BCUT2D eigenvalue weighted by atomic mass is 35.5. The lowest BCUT2D eigenvalue weighted by Crippen LogP contribution is -2.50. The van der Waals surface area contributed by atoms with Crippen LogP contribution in [0.3, 0.4) is 0 Å². The summed E-state index contributed by atoms with van der Waals surface area (Å²) in [5.41, 5.74) is 6.23. The number of rotatable bonds is 7. The van der Waals surface area contributed by atoms with Gasteiger partial charge in [0.1, 0.15) is 0 Å². The van der Waals surface area contributed by atoms with Crippen LogP contribution in [0.5, 0.6) is 0 Å². The molecule has 3 N–H and O–H groups in total. The number of alkyl halides is 3. The number of nitrogen functional groups attached to an aromatic ring is 1. The predicted molar refractivity (Wildman–Crippen MR) is 184 cm³/mol. The summed E-state index contributed by atoms with van der Waals surface area (Å²) in [5, 5.41) is 2.79. The van der Waals surface area contributed by atoms with E-state index in [-0.39, 0.29) is 47.3 Å². The maximum Gasteiger partial charge on any atom is 0.418 e. The first-order valence-corrected chi connectivity index (χ1v) is 18.2. The summed E-state index contributed by atoms with van der Waals surface area (Å²) in [4.78, 5) is 46.3. The number of hydrogen-bond donors (Lipinski definition) is 2. The highest BCUT2D eigenvalue weighted by Gasteiger charge is 2.38. The van der Waals surface area contributed by atoms with Crippen LogP contribution in [0.1, 0.15) is 80.9 Å². The zero-order chi connectivity index (χ0) is 34.7. The molecule has 2 aromatic rings. The zero-order valence-electron chi connectivity index (χ0n) is 27.9. The second-order valence-corrected chi connectivity index (χ2v) is 14.8. The van der Waals surface area contributed by atoms with Crippen molar-refractivity contribution in [1.82, 2.24) is 14.7 Å². The third-order valence-electron chi connectivity index (χ3n) is 11.3. The second-order valence-electron chi connectivity index (χ2n) is 14.3. The van der Waals surface area contributed by atoms with Crippen molar-refractivity contribution < 1.29 is 27.6 Å². The standard InChI is InChI=1S/C37H47ClF3N5O3/c38-31-22-24(21-30(34(31)42)37(39,40)41)20-28(35(48)45-15-10-26(11-16-45)25-6-2-1-3-7-25)23-33(47)44-17-13-29(14-18-44)46-19-12-27-8-4-5-9-32(27)43-36(46)49/h4-5,8-9,21-22,25-26,28-29H,1-3,6-7,10-20,23,42H2,(H,43,49). The number of hydrogen-bond acceptors (Lipinski definition) is 4. The smallest absolute Gasteiger partial charge is 0.397 e. The van der Waals surface area contributed by atoms with Crippen molar-refractivity contribution in [3.8, 4) is 0 Å². The fourth-order valence-electron chi connectivity index (χ4n) is 8.52. The minimum absolute atomic E-state index is 0.0287. The average Bonchev–Trinajstić information content (AvgIpc) is 3.27. The Balaban J connectivity index is 1.12. The van der Waals surface area contributed by atoms with Gasteiger partial charge in [-0.3, -0.25) is 9.59 Å². The van der Waals surface area contributed by atoms with Gasteiger partial charge in [0.15, 0.2) is 0 Å². The van der Waals surface area contributed by atoms with Crippen molar-refractivity contribution in [2.24, 2.45) is 17.8 Å². The number of carbonyl (C=O) groups excluding carboxylic acids is 3. The minimum atomic E-state index is -4.71. The van der Waals surface area contributed by atoms with Crippen molar-refractivity contribution in [2.45, 2.75) is 89.3 Å². The van der Waals surface area contributed by atoms with Crippen molar-refractivity contribution in [2.75, 3.05) is 43.8 Å². The van der Waals surface area contributed by atoms with Crippen LogP contribution in [0.15, 0.2) is 36.4 Å². The van der Waals surface area contributed by atoms with E-state index in [9.17, 15) is 27.6 Å². The van der Waals surface area contributed by atoms with Gasteiger partial charge in [0.25, 0.3) is 0 Å². The molecule has 8 nitrogen and oxygen atoms in total. The Morgan fingerprint density at radius 2 is 1.55 bits per heavy atom. The monoisotopic (exact) mass is 701 g/mol. The molecule has 2 saturated heterocycles. The summed E-state index contributed by atoms with van der Waals surface area (Å²) in [6.07, 6.45) is 5.16. The Kier molecular flexibility index (Phi) is 11.0. The van der Waals surface area contributed by atoms with E-state index in [0.29, 0.717) is 57.4 Å². The molecule has 0 spiro atoms. The number of piperidine rings is 2. The Hall–Kier alpha value is -3.47. The molecule has 4 aliphatic rings. The molecule has 1 aliphatic carbocycles. The third-order valence-corrected chi connectivity index (χ3v) is 11.6. The van der Waals surface area contributed by atoms with E-state index in [1.165, 1.54) is 38.2 Å². The van der Waals surface area contributed by atoms with Crippen LogP contribution in [0.2, 0.25) is 5.02 Å². The number of nitrogens with zero attached hydrogens (tertiary/aromatic N) is 3. The molecule has 4 amide bonds. The van der Waals surface area contributed by atoms with Gasteiger partial charge in [-0.1, -0.05) is 61.9 Å². The quantitative estimate of drug-likeness (QED) is 0.294. The fourth-order valence-corrected chi connectivity index (χ4v) is 8.76. The highest BCUT2D eigenvalue weighted by molar-refractivity contribution is 6.33. The Morgan fingerprint density at radius 1 is 0.898 bits per heavy atom. The van der Waals surface area contributed by atoms with E-state index in [1.54, 1.807) is 4.90 Å². The van der Waals surface area contributed by atoms with Crippen molar-refractivity contribution >= 4 is 40.8 Å². The summed E-state index contributed by atoms with van der Waals surface area (Å²) in [7, 11) is 0. The Labute approximate surface area is 291 Å². The predicted octanol–water partition coefficient (Wildman–Crippen LogP) is 7.39. The first kappa shape index (κ1) is 35.4. The van der Waals surface area contributed by atoms with Crippen LogP contribution in [-0.4, -0.2) is 71.3 Å². The zero-order valence-corrected chi connectivity index (χ0v) is 28.7. The first-order valence-electron chi connectivity index (χ1n) is 17.8. The van der Waals surface area contributed by atoms with E-state index in [2.05, 4.69) is 5.32 Å². The number of likely N-dealkylation sites (tertiary alicyclic amines) is 2. The van der Waals surface area contributed by atoms with E-state index in [0.717, 1.165) is 36.6 Å². The summed E-state index contributed by atoms with van der Waals surface area (Å²) >= 11 is 6.15. The van der Waals surface area contributed by atoms with Gasteiger partial charge in [-0.15, -0.1) is 0 Å². The Morgan fingerprint density at radius 3 is 2.24 bits per heavy atom.